The second-order valence-corrected chi connectivity index (χ2v) is 9.56. The van der Waals surface area contributed by atoms with Crippen molar-refractivity contribution in [1.82, 2.24) is 10.3 Å². The smallest absolute Gasteiger partial charge is 0.336 e. The summed E-state index contributed by atoms with van der Waals surface area (Å²) in [5.74, 6) is -0.518. The van der Waals surface area contributed by atoms with Gasteiger partial charge in [0.15, 0.2) is 5.60 Å². The Balaban J connectivity index is 1.30. The highest BCUT2D eigenvalue weighted by Gasteiger charge is 2.42. The number of hydrogen-bond donors (Lipinski definition) is 2. The zero-order chi connectivity index (χ0) is 24.1. The quantitative estimate of drug-likeness (QED) is 0.411. The Bertz CT molecular complexity index is 1170. The minimum Gasteiger partial charge on any atom is -0.492 e. The average Bonchev–Trinajstić information content (AvgIpc) is 3.45. The van der Waals surface area contributed by atoms with Crippen LogP contribution in [0.3, 0.4) is 0 Å². The van der Waals surface area contributed by atoms with Crippen molar-refractivity contribution >= 4 is 34.8 Å². The van der Waals surface area contributed by atoms with Crippen molar-refractivity contribution < 1.29 is 24.2 Å². The number of ether oxygens (including phenoxy) is 2. The monoisotopic (exact) mass is 500 g/mol. The molecule has 3 aromatic rings. The van der Waals surface area contributed by atoms with Crippen molar-refractivity contribution in [2.24, 2.45) is 0 Å². The Labute approximate surface area is 206 Å². The number of benzene rings is 2. The number of rotatable bonds is 9. The minimum atomic E-state index is -1.16. The van der Waals surface area contributed by atoms with Crippen molar-refractivity contribution in [3.8, 4) is 16.3 Å². The fraction of sp³-hybridized carbons (Fsp3) is 0.320. The summed E-state index contributed by atoms with van der Waals surface area (Å²) in [5, 5.41) is 13.9. The fourth-order valence-corrected chi connectivity index (χ4v) is 5.01. The third-order valence-corrected chi connectivity index (χ3v) is 7.09. The number of carboxylic acids is 1. The maximum absolute atomic E-state index is 12.6. The van der Waals surface area contributed by atoms with Crippen LogP contribution in [0.1, 0.15) is 33.8 Å². The molecule has 1 unspecified atom stereocenters. The van der Waals surface area contributed by atoms with Crippen LogP contribution >= 0.6 is 22.9 Å². The van der Waals surface area contributed by atoms with Gasteiger partial charge in [0.25, 0.3) is 5.91 Å². The molecule has 1 atom stereocenters. The van der Waals surface area contributed by atoms with E-state index in [1.54, 1.807) is 18.2 Å². The molecule has 1 aromatic heterocycles. The summed E-state index contributed by atoms with van der Waals surface area (Å²) in [4.78, 5) is 29.4. The van der Waals surface area contributed by atoms with Crippen molar-refractivity contribution in [2.45, 2.75) is 31.8 Å². The van der Waals surface area contributed by atoms with E-state index in [1.807, 2.05) is 37.3 Å². The van der Waals surface area contributed by atoms with Gasteiger partial charge < -0.3 is 19.9 Å². The van der Waals surface area contributed by atoms with E-state index in [-0.39, 0.29) is 18.9 Å². The standard InChI is InChI=1S/C25H25ClN2O5S/c1-16-21(34-23(28-16)18-6-8-19(26)9-7-18)22(29)27-11-13-32-20-5-2-4-17(14-20)15-25(24(30)31)10-3-12-33-25/h2,4-9,14H,3,10-13,15H2,1H3,(H,27,29)(H,30,31). The van der Waals surface area contributed by atoms with Gasteiger partial charge in [-0.2, -0.15) is 0 Å². The van der Waals surface area contributed by atoms with E-state index in [9.17, 15) is 14.7 Å². The molecule has 1 saturated heterocycles. The molecule has 34 heavy (non-hydrogen) atoms. The number of carbonyl (C=O) groups is 2. The zero-order valence-corrected chi connectivity index (χ0v) is 20.2. The van der Waals surface area contributed by atoms with E-state index >= 15 is 0 Å². The van der Waals surface area contributed by atoms with Crippen LogP contribution in [0.2, 0.25) is 5.02 Å². The molecule has 2 heterocycles. The van der Waals surface area contributed by atoms with E-state index in [4.69, 9.17) is 21.1 Å². The summed E-state index contributed by atoms with van der Waals surface area (Å²) in [6.45, 7) is 2.86. The van der Waals surface area contributed by atoms with Gasteiger partial charge in [-0.1, -0.05) is 35.9 Å². The second-order valence-electron chi connectivity index (χ2n) is 8.12. The number of halogens is 1. The number of carbonyl (C=O) groups excluding carboxylic acids is 1. The molecule has 2 N–H and O–H groups in total. The molecule has 0 bridgehead atoms. The Hall–Kier alpha value is -2.94. The highest BCUT2D eigenvalue weighted by Crippen LogP contribution is 2.31. The SMILES string of the molecule is Cc1nc(-c2ccc(Cl)cc2)sc1C(=O)NCCOc1cccc(CC2(C(=O)O)CCCO2)c1. The summed E-state index contributed by atoms with van der Waals surface area (Å²) in [5.41, 5.74) is 1.25. The summed E-state index contributed by atoms with van der Waals surface area (Å²) in [6.07, 6.45) is 1.52. The molecule has 1 fully saturated rings. The van der Waals surface area contributed by atoms with Gasteiger partial charge in [0, 0.05) is 23.6 Å². The maximum Gasteiger partial charge on any atom is 0.336 e. The Morgan fingerprint density at radius 2 is 2.06 bits per heavy atom. The third kappa shape index (κ3) is 5.58. The largest absolute Gasteiger partial charge is 0.492 e. The van der Waals surface area contributed by atoms with Crippen LogP contribution in [0.25, 0.3) is 10.6 Å². The summed E-state index contributed by atoms with van der Waals surface area (Å²) >= 11 is 7.28. The van der Waals surface area contributed by atoms with Crippen LogP contribution < -0.4 is 10.1 Å². The minimum absolute atomic E-state index is 0.200. The van der Waals surface area contributed by atoms with E-state index in [0.717, 1.165) is 22.6 Å². The number of thiazole rings is 1. The highest BCUT2D eigenvalue weighted by atomic mass is 35.5. The number of nitrogens with one attached hydrogen (secondary N) is 1. The van der Waals surface area contributed by atoms with Crippen LogP contribution in [0.5, 0.6) is 5.75 Å². The number of nitrogens with zero attached hydrogens (tertiary/aromatic N) is 1. The van der Waals surface area contributed by atoms with E-state index < -0.39 is 11.6 Å². The number of aliphatic carboxylic acids is 1. The average molecular weight is 501 g/mol. The first-order chi connectivity index (χ1) is 16.4. The van der Waals surface area contributed by atoms with E-state index in [0.29, 0.717) is 40.9 Å². The molecular weight excluding hydrogens is 476 g/mol. The van der Waals surface area contributed by atoms with Crippen LogP contribution in [-0.4, -0.2) is 47.3 Å². The van der Waals surface area contributed by atoms with Crippen molar-refractivity contribution in [2.75, 3.05) is 19.8 Å². The number of amides is 1. The normalized spacial score (nSPS) is 17.5. The third-order valence-electron chi connectivity index (χ3n) is 5.63. The maximum atomic E-state index is 12.6. The molecule has 1 aliphatic rings. The molecule has 1 amide bonds. The Morgan fingerprint density at radius 3 is 2.76 bits per heavy atom. The van der Waals surface area contributed by atoms with Crippen LogP contribution in [-0.2, 0) is 16.0 Å². The van der Waals surface area contributed by atoms with Gasteiger partial charge in [-0.15, -0.1) is 11.3 Å². The van der Waals surface area contributed by atoms with Crippen molar-refractivity contribution in [3.63, 3.8) is 0 Å². The molecule has 0 saturated carbocycles. The highest BCUT2D eigenvalue weighted by molar-refractivity contribution is 7.17. The Morgan fingerprint density at radius 1 is 1.26 bits per heavy atom. The molecule has 7 nitrogen and oxygen atoms in total. The van der Waals surface area contributed by atoms with Gasteiger partial charge in [-0.3, -0.25) is 4.79 Å². The predicted octanol–water partition coefficient (Wildman–Crippen LogP) is 4.76. The van der Waals surface area contributed by atoms with Gasteiger partial charge in [0.2, 0.25) is 0 Å². The number of aromatic nitrogens is 1. The molecule has 178 valence electrons. The van der Waals surface area contributed by atoms with Gasteiger partial charge >= 0.3 is 5.97 Å². The number of aryl methyl sites for hydroxylation is 1. The van der Waals surface area contributed by atoms with Crippen molar-refractivity contribution in [1.29, 1.82) is 0 Å². The second kappa shape index (κ2) is 10.5. The van der Waals surface area contributed by atoms with E-state index in [1.165, 1.54) is 11.3 Å². The first kappa shape index (κ1) is 24.2. The molecule has 0 radical (unpaired) electrons. The molecule has 9 heteroatoms. The molecule has 4 rings (SSSR count). The first-order valence-corrected chi connectivity index (χ1v) is 12.2. The topological polar surface area (TPSA) is 97.8 Å². The fourth-order valence-electron chi connectivity index (χ4n) is 3.89. The lowest BCUT2D eigenvalue weighted by molar-refractivity contribution is -0.159. The molecule has 1 aliphatic heterocycles. The van der Waals surface area contributed by atoms with Crippen LogP contribution in [0.4, 0.5) is 0 Å². The lowest BCUT2D eigenvalue weighted by Crippen LogP contribution is -2.40. The summed E-state index contributed by atoms with van der Waals surface area (Å²) in [6, 6.07) is 14.7. The molecule has 0 aliphatic carbocycles. The van der Waals surface area contributed by atoms with Gasteiger partial charge in [0.05, 0.1) is 12.2 Å². The first-order valence-electron chi connectivity index (χ1n) is 11.0. The van der Waals surface area contributed by atoms with Gasteiger partial charge in [-0.05, 0) is 49.6 Å². The lowest BCUT2D eigenvalue weighted by Gasteiger charge is -2.23. The zero-order valence-electron chi connectivity index (χ0n) is 18.7. The van der Waals surface area contributed by atoms with E-state index in [2.05, 4.69) is 10.3 Å². The Kier molecular flexibility index (Phi) is 7.50. The molecule has 0 spiro atoms. The molecule has 2 aromatic carbocycles. The van der Waals surface area contributed by atoms with Crippen molar-refractivity contribution in [3.05, 3.63) is 69.7 Å². The summed E-state index contributed by atoms with van der Waals surface area (Å²) < 4.78 is 11.3. The number of hydrogen-bond acceptors (Lipinski definition) is 6. The molecular formula is C25H25ClN2O5S. The van der Waals surface area contributed by atoms with Gasteiger partial charge in [0.1, 0.15) is 22.2 Å². The van der Waals surface area contributed by atoms with Crippen LogP contribution in [0, 0.1) is 6.92 Å². The number of carboxylic acid groups (broad SMARTS) is 1. The van der Waals surface area contributed by atoms with Gasteiger partial charge in [-0.25, -0.2) is 9.78 Å². The lowest BCUT2D eigenvalue weighted by atomic mass is 9.91. The predicted molar refractivity (Wildman–Crippen MR) is 131 cm³/mol. The van der Waals surface area contributed by atoms with Crippen LogP contribution in [0.15, 0.2) is 48.5 Å². The summed E-state index contributed by atoms with van der Waals surface area (Å²) in [7, 11) is 0.